The van der Waals surface area contributed by atoms with Crippen LogP contribution in [0.25, 0.3) is 0 Å². The number of carboxylic acid groups (broad SMARTS) is 1. The molecular weight excluding hydrogens is 215 g/mol. The average Bonchev–Trinajstić information content (AvgIpc) is 2.23. The average molecular weight is 236 g/mol. The van der Waals surface area contributed by atoms with Crippen LogP contribution in [0.2, 0.25) is 0 Å². The van der Waals surface area contributed by atoms with Crippen LogP contribution in [-0.4, -0.2) is 17.2 Å². The van der Waals surface area contributed by atoms with Crippen LogP contribution in [0, 0.1) is 5.92 Å². The summed E-state index contributed by atoms with van der Waals surface area (Å²) in [7, 11) is 0. The minimum Gasteiger partial charge on any atom is -0.550 e. The van der Waals surface area contributed by atoms with E-state index < -0.39 is 5.97 Å². The summed E-state index contributed by atoms with van der Waals surface area (Å²) in [5, 5.41) is 20.4. The van der Waals surface area contributed by atoms with E-state index in [9.17, 15) is 15.0 Å². The van der Waals surface area contributed by atoms with Gasteiger partial charge in [-0.05, 0) is 31.6 Å². The fourth-order valence-electron chi connectivity index (χ4n) is 2.22. The van der Waals surface area contributed by atoms with Crippen LogP contribution < -0.4 is 34.7 Å². The fourth-order valence-corrected chi connectivity index (χ4v) is 2.22. The molecule has 1 rings (SSSR count). The third kappa shape index (κ3) is 6.89. The van der Waals surface area contributed by atoms with Crippen LogP contribution in [0.1, 0.15) is 57.8 Å². The zero-order valence-electron chi connectivity index (χ0n) is 10.3. The van der Waals surface area contributed by atoms with E-state index in [2.05, 4.69) is 0 Å². The molecule has 88 valence electrons. The molecule has 1 N–H and O–H groups in total. The van der Waals surface area contributed by atoms with Crippen molar-refractivity contribution < 1.29 is 44.6 Å². The monoisotopic (exact) mass is 236 g/mol. The Labute approximate surface area is 120 Å². The Bertz CT molecular complexity index is 197. The molecule has 0 amide bonds. The molecule has 0 bridgehead atoms. The van der Waals surface area contributed by atoms with Gasteiger partial charge in [-0.1, -0.05) is 32.1 Å². The molecule has 0 heterocycles. The van der Waals surface area contributed by atoms with Gasteiger partial charge in [0.15, 0.2) is 0 Å². The van der Waals surface area contributed by atoms with Crippen molar-refractivity contribution in [1.82, 2.24) is 0 Å². The van der Waals surface area contributed by atoms with Gasteiger partial charge in [-0.15, -0.1) is 0 Å². The molecule has 1 saturated carbocycles. The summed E-state index contributed by atoms with van der Waals surface area (Å²) in [5.74, 6) is -1.29. The van der Waals surface area contributed by atoms with Gasteiger partial charge >= 0.3 is 29.6 Å². The largest absolute Gasteiger partial charge is 1.00 e. The molecule has 4 heteroatoms. The van der Waals surface area contributed by atoms with Crippen molar-refractivity contribution in [1.29, 1.82) is 0 Å². The Morgan fingerprint density at radius 3 is 2.12 bits per heavy atom. The van der Waals surface area contributed by atoms with Gasteiger partial charge in [0.2, 0.25) is 0 Å². The maximum atomic E-state index is 10.8. The number of aliphatic hydroxyl groups is 1. The minimum absolute atomic E-state index is 0. The molecule has 0 aromatic heterocycles. The summed E-state index contributed by atoms with van der Waals surface area (Å²) < 4.78 is 0. The predicted octanol–water partition coefficient (Wildman–Crippen LogP) is -1.76. The number of hydrogen-bond donors (Lipinski definition) is 1. The molecule has 3 nitrogen and oxygen atoms in total. The van der Waals surface area contributed by atoms with E-state index in [1.165, 1.54) is 0 Å². The van der Waals surface area contributed by atoms with Crippen LogP contribution in [0.4, 0.5) is 0 Å². The quantitative estimate of drug-likeness (QED) is 0.549. The molecule has 16 heavy (non-hydrogen) atoms. The molecule has 0 radical (unpaired) electrons. The molecule has 0 aromatic carbocycles. The van der Waals surface area contributed by atoms with E-state index in [4.69, 9.17) is 0 Å². The van der Waals surface area contributed by atoms with E-state index in [1.807, 2.05) is 0 Å². The van der Waals surface area contributed by atoms with Gasteiger partial charge in [0.25, 0.3) is 0 Å². The molecule has 1 aliphatic rings. The second kappa shape index (κ2) is 9.46. The van der Waals surface area contributed by atoms with Crippen LogP contribution >= 0.6 is 0 Å². The Hall–Kier alpha value is 0.430. The first-order chi connectivity index (χ1) is 7.20. The van der Waals surface area contributed by atoms with Crippen molar-refractivity contribution in [2.24, 2.45) is 5.92 Å². The van der Waals surface area contributed by atoms with Gasteiger partial charge < -0.3 is 15.0 Å². The molecule has 1 fully saturated rings. The topological polar surface area (TPSA) is 60.4 Å². The molecule has 0 aromatic rings. The standard InChI is InChI=1S/C12H22O3.Na/c13-11-7-5-3-1-2-4-6-10(8-9-11)12(14)15;/h10-11,13H,1-9H2,(H,14,15);/q;+1/p-1. The molecule has 0 aliphatic heterocycles. The second-order valence-corrected chi connectivity index (χ2v) is 4.59. The summed E-state index contributed by atoms with van der Waals surface area (Å²) in [5.41, 5.74) is 0. The summed E-state index contributed by atoms with van der Waals surface area (Å²) in [6, 6.07) is 0. The molecule has 0 spiro atoms. The first-order valence-electron chi connectivity index (χ1n) is 6.09. The summed E-state index contributed by atoms with van der Waals surface area (Å²) in [6.45, 7) is 0. The Morgan fingerprint density at radius 1 is 0.938 bits per heavy atom. The Balaban J connectivity index is 0.00000225. The van der Waals surface area contributed by atoms with E-state index >= 15 is 0 Å². The van der Waals surface area contributed by atoms with Gasteiger partial charge in [0.1, 0.15) is 0 Å². The van der Waals surface area contributed by atoms with Crippen LogP contribution in [-0.2, 0) is 4.79 Å². The van der Waals surface area contributed by atoms with Crippen molar-refractivity contribution in [3.63, 3.8) is 0 Å². The normalized spacial score (nSPS) is 28.6. The maximum absolute atomic E-state index is 10.8. The predicted molar refractivity (Wildman–Crippen MR) is 56.1 cm³/mol. The van der Waals surface area contributed by atoms with Crippen LogP contribution in [0.5, 0.6) is 0 Å². The van der Waals surface area contributed by atoms with Crippen LogP contribution in [0.3, 0.4) is 0 Å². The zero-order chi connectivity index (χ0) is 11.1. The van der Waals surface area contributed by atoms with Crippen molar-refractivity contribution in [3.8, 4) is 0 Å². The smallest absolute Gasteiger partial charge is 0.550 e. The van der Waals surface area contributed by atoms with Crippen molar-refractivity contribution in [2.75, 3.05) is 0 Å². The number of carboxylic acids is 1. The number of carbonyl (C=O) groups excluding carboxylic acids is 1. The summed E-state index contributed by atoms with van der Waals surface area (Å²) >= 11 is 0. The van der Waals surface area contributed by atoms with E-state index in [-0.39, 0.29) is 41.6 Å². The molecule has 1 aliphatic carbocycles. The van der Waals surface area contributed by atoms with E-state index in [1.54, 1.807) is 0 Å². The van der Waals surface area contributed by atoms with Gasteiger partial charge in [0, 0.05) is 5.97 Å². The minimum atomic E-state index is -0.943. The third-order valence-electron chi connectivity index (χ3n) is 3.27. The van der Waals surface area contributed by atoms with Gasteiger partial charge in [-0.3, -0.25) is 0 Å². The first-order valence-corrected chi connectivity index (χ1v) is 6.09. The third-order valence-corrected chi connectivity index (χ3v) is 3.27. The first kappa shape index (κ1) is 16.4. The number of hydrogen-bond acceptors (Lipinski definition) is 3. The van der Waals surface area contributed by atoms with Crippen molar-refractivity contribution in [2.45, 2.75) is 63.9 Å². The Morgan fingerprint density at radius 2 is 1.50 bits per heavy atom. The Kier molecular flexibility index (Phi) is 9.71. The molecule has 2 atom stereocenters. The van der Waals surface area contributed by atoms with Crippen molar-refractivity contribution >= 4 is 5.97 Å². The number of aliphatic carboxylic acids is 1. The SMILES string of the molecule is O=C([O-])C1CCCCCCCC(O)CC1.[Na+]. The summed E-state index contributed by atoms with van der Waals surface area (Å²) in [4.78, 5) is 10.8. The van der Waals surface area contributed by atoms with E-state index in [0.29, 0.717) is 12.8 Å². The number of rotatable bonds is 1. The van der Waals surface area contributed by atoms with Gasteiger partial charge in [0.05, 0.1) is 6.10 Å². The number of aliphatic hydroxyl groups excluding tert-OH is 1. The van der Waals surface area contributed by atoms with Crippen LogP contribution in [0.15, 0.2) is 0 Å². The van der Waals surface area contributed by atoms with Gasteiger partial charge in [-0.2, -0.15) is 0 Å². The van der Waals surface area contributed by atoms with Gasteiger partial charge in [-0.25, -0.2) is 0 Å². The fraction of sp³-hybridized carbons (Fsp3) is 0.917. The van der Waals surface area contributed by atoms with Crippen molar-refractivity contribution in [3.05, 3.63) is 0 Å². The number of carbonyl (C=O) groups is 1. The maximum Gasteiger partial charge on any atom is 1.00 e. The summed E-state index contributed by atoms with van der Waals surface area (Å²) in [6.07, 6.45) is 7.88. The molecule has 0 saturated heterocycles. The molecular formula is C12H21NaO3. The zero-order valence-corrected chi connectivity index (χ0v) is 12.3. The molecule has 2 unspecified atom stereocenters. The second-order valence-electron chi connectivity index (χ2n) is 4.59. The van der Waals surface area contributed by atoms with E-state index in [0.717, 1.165) is 44.9 Å².